The van der Waals surface area contributed by atoms with E-state index in [1.165, 1.54) is 41.4 Å². The Balaban J connectivity index is 1.48. The maximum absolute atomic E-state index is 14.0. The molecule has 0 aliphatic carbocycles. The van der Waals surface area contributed by atoms with Crippen molar-refractivity contribution in [1.82, 2.24) is 19.7 Å². The van der Waals surface area contributed by atoms with Gasteiger partial charge < -0.3 is 14.6 Å². The van der Waals surface area contributed by atoms with Crippen LogP contribution in [0.4, 0.5) is 24.5 Å². The highest BCUT2D eigenvalue weighted by atomic mass is 32.2. The summed E-state index contributed by atoms with van der Waals surface area (Å²) >= 11 is 0. The van der Waals surface area contributed by atoms with Gasteiger partial charge in [-0.1, -0.05) is 12.1 Å². The number of carbonyl (C=O) groups excluding carboxylic acids is 1. The average Bonchev–Trinajstić information content (AvgIpc) is 3.42. The number of amides is 1. The number of oxazole rings is 1. The van der Waals surface area contributed by atoms with Gasteiger partial charge in [0.25, 0.3) is 0 Å². The van der Waals surface area contributed by atoms with Crippen LogP contribution in [0.15, 0.2) is 47.3 Å². The van der Waals surface area contributed by atoms with Gasteiger partial charge >= 0.3 is 12.2 Å². The highest BCUT2D eigenvalue weighted by Crippen LogP contribution is 2.39. The van der Waals surface area contributed by atoms with Crippen LogP contribution >= 0.6 is 0 Å². The molecule has 2 aromatic heterocycles. The summed E-state index contributed by atoms with van der Waals surface area (Å²) in [6.07, 6.45) is -0.0377. The summed E-state index contributed by atoms with van der Waals surface area (Å²) in [5, 5.41) is 7.18. The lowest BCUT2D eigenvalue weighted by Gasteiger charge is -2.34. The van der Waals surface area contributed by atoms with Gasteiger partial charge in [-0.05, 0) is 37.5 Å². The van der Waals surface area contributed by atoms with Gasteiger partial charge in [0.2, 0.25) is 5.91 Å². The Kier molecular flexibility index (Phi) is 6.62. The zero-order valence-electron chi connectivity index (χ0n) is 19.0. The fourth-order valence-corrected chi connectivity index (χ4v) is 5.53. The number of aryl methyl sites for hydroxylation is 1. The molecule has 3 heterocycles. The number of alkyl halides is 3. The summed E-state index contributed by atoms with van der Waals surface area (Å²) in [5.41, 5.74) is 1.68. The van der Waals surface area contributed by atoms with E-state index in [0.29, 0.717) is 22.0 Å². The first kappa shape index (κ1) is 24.8. The number of benzene rings is 1. The number of rotatable bonds is 6. The van der Waals surface area contributed by atoms with Crippen molar-refractivity contribution in [2.75, 3.05) is 23.9 Å². The Hall–Kier alpha value is -3.35. The minimum atomic E-state index is -4.71. The van der Waals surface area contributed by atoms with E-state index < -0.39 is 33.9 Å². The third-order valence-electron chi connectivity index (χ3n) is 5.85. The average molecular weight is 512 g/mol. The molecule has 0 saturated carbocycles. The Morgan fingerprint density at radius 3 is 2.43 bits per heavy atom. The first-order valence-corrected chi connectivity index (χ1v) is 12.6. The normalized spacial score (nSPS) is 17.2. The van der Waals surface area contributed by atoms with E-state index in [-0.39, 0.29) is 35.9 Å². The van der Waals surface area contributed by atoms with Crippen LogP contribution in [0.5, 0.6) is 0 Å². The highest BCUT2D eigenvalue weighted by molar-refractivity contribution is 7.91. The van der Waals surface area contributed by atoms with Crippen molar-refractivity contribution in [1.29, 1.82) is 0 Å². The Morgan fingerprint density at radius 2 is 1.86 bits per heavy atom. The van der Waals surface area contributed by atoms with E-state index >= 15 is 0 Å². The summed E-state index contributed by atoms with van der Waals surface area (Å²) in [6, 6.07) is 3.69. The zero-order valence-corrected chi connectivity index (χ0v) is 19.8. The van der Waals surface area contributed by atoms with E-state index in [4.69, 9.17) is 4.42 Å². The second-order valence-corrected chi connectivity index (χ2v) is 10.8. The number of aromatic nitrogens is 3. The number of nitrogens with zero attached hydrogens (tertiary/aromatic N) is 4. The third-order valence-corrected chi connectivity index (χ3v) is 7.56. The highest BCUT2D eigenvalue weighted by Gasteiger charge is 2.46. The first-order valence-electron chi connectivity index (χ1n) is 10.8. The lowest BCUT2D eigenvalue weighted by atomic mass is 9.98. The fraction of sp³-hybridized carbons (Fsp3) is 0.409. The lowest BCUT2D eigenvalue weighted by molar-refractivity contribution is -0.190. The zero-order chi connectivity index (χ0) is 25.4. The van der Waals surface area contributed by atoms with Gasteiger partial charge in [-0.15, -0.1) is 0 Å². The molecular weight excluding hydrogens is 487 g/mol. The third kappa shape index (κ3) is 5.66. The van der Waals surface area contributed by atoms with Gasteiger partial charge in [0.15, 0.2) is 6.04 Å². The molecule has 0 spiro atoms. The van der Waals surface area contributed by atoms with Crippen molar-refractivity contribution in [3.05, 3.63) is 54.2 Å². The van der Waals surface area contributed by atoms with E-state index in [1.807, 2.05) is 0 Å². The molecule has 1 aliphatic heterocycles. The van der Waals surface area contributed by atoms with Gasteiger partial charge in [0.05, 0.1) is 35.3 Å². The van der Waals surface area contributed by atoms with Crippen molar-refractivity contribution in [2.24, 2.45) is 5.92 Å². The maximum Gasteiger partial charge on any atom is 0.413 e. The predicted molar refractivity (Wildman–Crippen MR) is 121 cm³/mol. The monoisotopic (exact) mass is 511 g/mol. The Labute approximate surface area is 199 Å². The minimum absolute atomic E-state index is 0.0275. The van der Waals surface area contributed by atoms with Crippen molar-refractivity contribution >= 4 is 27.1 Å². The first-order chi connectivity index (χ1) is 16.4. The summed E-state index contributed by atoms with van der Waals surface area (Å²) in [7, 11) is -2.13. The molecule has 1 aliphatic rings. The van der Waals surface area contributed by atoms with Crippen molar-refractivity contribution in [3.8, 4) is 6.01 Å². The molecule has 1 N–H and O–H groups in total. The Morgan fingerprint density at radius 1 is 1.20 bits per heavy atom. The number of carbonyl (C=O) groups is 1. The second-order valence-electron chi connectivity index (χ2n) is 8.51. The predicted octanol–water partition coefficient (Wildman–Crippen LogP) is 3.80. The molecule has 3 aromatic rings. The SMILES string of the molecule is Cc1coc(-n2cc(Nc3ccc(C(N(C)C(=O)C4CCS(=O)(=O)CC4)C(F)(F)F)cc3)cn2)n1. The van der Waals surface area contributed by atoms with Gasteiger partial charge in [-0.25, -0.2) is 8.42 Å². The number of halogens is 3. The van der Waals surface area contributed by atoms with E-state index in [1.54, 1.807) is 13.1 Å². The summed E-state index contributed by atoms with van der Waals surface area (Å²) in [6.45, 7) is 1.77. The maximum atomic E-state index is 14.0. The van der Waals surface area contributed by atoms with E-state index in [9.17, 15) is 26.4 Å². The van der Waals surface area contributed by atoms with Gasteiger partial charge in [-0.3, -0.25) is 4.79 Å². The molecule has 9 nitrogen and oxygen atoms in total. The smallest absolute Gasteiger partial charge is 0.413 e. The van der Waals surface area contributed by atoms with Crippen LogP contribution in [0.3, 0.4) is 0 Å². The van der Waals surface area contributed by atoms with E-state index in [2.05, 4.69) is 15.4 Å². The van der Waals surface area contributed by atoms with Crippen LogP contribution in [-0.4, -0.2) is 58.7 Å². The number of sulfone groups is 1. The number of hydrogen-bond acceptors (Lipinski definition) is 7. The second kappa shape index (κ2) is 9.36. The van der Waals surface area contributed by atoms with E-state index in [0.717, 1.165) is 7.05 Å². The quantitative estimate of drug-likeness (QED) is 0.536. The largest absolute Gasteiger partial charge is 0.430 e. The molecule has 1 unspecified atom stereocenters. The molecule has 1 aromatic carbocycles. The Bertz CT molecular complexity index is 1290. The summed E-state index contributed by atoms with van der Waals surface area (Å²) < 4.78 is 71.9. The number of anilines is 2. The van der Waals surface area contributed by atoms with Crippen molar-refractivity contribution in [2.45, 2.75) is 32.0 Å². The molecule has 35 heavy (non-hydrogen) atoms. The van der Waals surface area contributed by atoms with Crippen LogP contribution in [0, 0.1) is 12.8 Å². The molecule has 188 valence electrons. The summed E-state index contributed by atoms with van der Waals surface area (Å²) in [4.78, 5) is 17.6. The molecule has 13 heteroatoms. The molecule has 1 fully saturated rings. The van der Waals surface area contributed by atoms with Crippen LogP contribution < -0.4 is 5.32 Å². The van der Waals surface area contributed by atoms with Crippen LogP contribution in [0.25, 0.3) is 6.01 Å². The van der Waals surface area contributed by atoms with Crippen LogP contribution in [0.1, 0.15) is 30.1 Å². The van der Waals surface area contributed by atoms with Crippen LogP contribution in [0.2, 0.25) is 0 Å². The molecule has 0 bridgehead atoms. The molecule has 0 radical (unpaired) electrons. The van der Waals surface area contributed by atoms with Gasteiger partial charge in [-0.2, -0.15) is 27.9 Å². The molecular formula is C22H24F3N5O4S. The van der Waals surface area contributed by atoms with Crippen molar-refractivity contribution < 1.29 is 30.8 Å². The van der Waals surface area contributed by atoms with Gasteiger partial charge in [0.1, 0.15) is 16.1 Å². The molecule has 4 rings (SSSR count). The van der Waals surface area contributed by atoms with Crippen LogP contribution in [-0.2, 0) is 14.6 Å². The topological polar surface area (TPSA) is 110 Å². The molecule has 1 saturated heterocycles. The number of hydrogen-bond donors (Lipinski definition) is 1. The lowest BCUT2D eigenvalue weighted by Crippen LogP contribution is -2.44. The molecule has 1 atom stereocenters. The standard InChI is InChI=1S/C22H24F3N5O4S/c1-14-13-34-21(27-14)30-12-18(11-26-30)28-17-5-3-15(4-6-17)19(22(23,24)25)29(2)20(31)16-7-9-35(32,33)10-8-16/h3-6,11-13,16,19,28H,7-10H2,1-2H3. The fourth-order valence-electron chi connectivity index (χ4n) is 4.04. The summed E-state index contributed by atoms with van der Waals surface area (Å²) in [5.74, 6) is -1.85. The minimum Gasteiger partial charge on any atom is -0.430 e. The van der Waals surface area contributed by atoms with Crippen molar-refractivity contribution in [3.63, 3.8) is 0 Å². The molecule has 1 amide bonds. The number of nitrogens with one attached hydrogen (secondary N) is 1. The van der Waals surface area contributed by atoms with Gasteiger partial charge in [0, 0.05) is 18.7 Å².